The van der Waals surface area contributed by atoms with Gasteiger partial charge < -0.3 is 19.7 Å². The van der Waals surface area contributed by atoms with E-state index < -0.39 is 6.10 Å². The van der Waals surface area contributed by atoms with E-state index in [-0.39, 0.29) is 11.8 Å². The fourth-order valence-electron chi connectivity index (χ4n) is 4.37. The number of amides is 2. The molecule has 196 valence electrons. The molecule has 0 fully saturated rings. The monoisotopic (exact) mass is 518 g/mol. The molecule has 1 heterocycles. The summed E-state index contributed by atoms with van der Waals surface area (Å²) in [6, 6.07) is 32.9. The molecule has 1 aliphatic heterocycles. The van der Waals surface area contributed by atoms with Crippen molar-refractivity contribution in [3.05, 3.63) is 126 Å². The summed E-state index contributed by atoms with van der Waals surface area (Å²) in [4.78, 5) is 27.3. The lowest BCUT2D eigenvalue weighted by Gasteiger charge is -2.33. The van der Waals surface area contributed by atoms with Crippen molar-refractivity contribution in [2.24, 2.45) is 0 Å². The highest BCUT2D eigenvalue weighted by atomic mass is 16.5. The lowest BCUT2D eigenvalue weighted by molar-refractivity contribution is -0.125. The van der Waals surface area contributed by atoms with Crippen molar-refractivity contribution in [2.45, 2.75) is 26.1 Å². The van der Waals surface area contributed by atoms with E-state index in [2.05, 4.69) is 5.32 Å². The molecule has 5 rings (SSSR count). The van der Waals surface area contributed by atoms with Crippen LogP contribution >= 0.6 is 0 Å². The van der Waals surface area contributed by atoms with Crippen LogP contribution in [0.1, 0.15) is 23.6 Å². The molecule has 4 aromatic rings. The van der Waals surface area contributed by atoms with Crippen LogP contribution in [0.5, 0.6) is 11.5 Å². The van der Waals surface area contributed by atoms with Crippen LogP contribution in [0.4, 0.5) is 11.4 Å². The van der Waals surface area contributed by atoms with Gasteiger partial charge in [0.05, 0.1) is 5.69 Å². The van der Waals surface area contributed by atoms with Crippen molar-refractivity contribution in [1.82, 2.24) is 0 Å². The standard InChI is InChI=1S/C33H30N2O4/c1-24-33(37)35(21-20-25-8-4-2-5-9-25)30-22-28(15-18-31(30)39-24)34-32(36)19-14-26-12-16-29(17-13-26)38-23-27-10-6-3-7-11-27/h2-19,22,24H,20-21,23H2,1H3,(H,34,36)/b19-14+. The van der Waals surface area contributed by atoms with Crippen molar-refractivity contribution in [1.29, 1.82) is 0 Å². The third kappa shape index (κ3) is 6.73. The highest BCUT2D eigenvalue weighted by Gasteiger charge is 2.31. The average molecular weight is 519 g/mol. The lowest BCUT2D eigenvalue weighted by Crippen LogP contribution is -2.45. The molecule has 0 saturated heterocycles. The first-order chi connectivity index (χ1) is 19.0. The third-order valence-electron chi connectivity index (χ3n) is 6.46. The summed E-state index contributed by atoms with van der Waals surface area (Å²) in [7, 11) is 0. The molecule has 1 N–H and O–H groups in total. The Morgan fingerprint density at radius 2 is 1.62 bits per heavy atom. The van der Waals surface area contributed by atoms with Gasteiger partial charge in [-0.05, 0) is 66.4 Å². The van der Waals surface area contributed by atoms with E-state index in [4.69, 9.17) is 9.47 Å². The Morgan fingerprint density at radius 1 is 0.923 bits per heavy atom. The van der Waals surface area contributed by atoms with Gasteiger partial charge in [-0.25, -0.2) is 0 Å². The van der Waals surface area contributed by atoms with Crippen LogP contribution < -0.4 is 19.7 Å². The minimum absolute atomic E-state index is 0.0991. The van der Waals surface area contributed by atoms with Gasteiger partial charge in [-0.15, -0.1) is 0 Å². The maximum absolute atomic E-state index is 12.9. The molecular weight excluding hydrogens is 488 g/mol. The van der Waals surface area contributed by atoms with E-state index in [1.165, 1.54) is 6.08 Å². The van der Waals surface area contributed by atoms with Gasteiger partial charge in [-0.1, -0.05) is 72.8 Å². The fraction of sp³-hybridized carbons (Fsp3) is 0.152. The molecule has 0 saturated carbocycles. The summed E-state index contributed by atoms with van der Waals surface area (Å²) in [5, 5.41) is 2.89. The van der Waals surface area contributed by atoms with Crippen LogP contribution in [0.25, 0.3) is 6.08 Å². The molecule has 0 aromatic heterocycles. The second kappa shape index (κ2) is 12.1. The predicted octanol–water partition coefficient (Wildman–Crippen LogP) is 6.27. The smallest absolute Gasteiger partial charge is 0.267 e. The van der Waals surface area contributed by atoms with Gasteiger partial charge in [-0.3, -0.25) is 9.59 Å². The number of anilines is 2. The molecule has 1 unspecified atom stereocenters. The number of nitrogens with zero attached hydrogens (tertiary/aromatic N) is 1. The zero-order chi connectivity index (χ0) is 27.0. The molecule has 0 aliphatic carbocycles. The lowest BCUT2D eigenvalue weighted by atomic mass is 10.1. The number of ether oxygens (including phenoxy) is 2. The highest BCUT2D eigenvalue weighted by Crippen LogP contribution is 2.36. The maximum Gasteiger partial charge on any atom is 0.267 e. The van der Waals surface area contributed by atoms with E-state index in [9.17, 15) is 9.59 Å². The summed E-state index contributed by atoms with van der Waals surface area (Å²) < 4.78 is 11.6. The fourth-order valence-corrected chi connectivity index (χ4v) is 4.37. The van der Waals surface area contributed by atoms with E-state index >= 15 is 0 Å². The average Bonchev–Trinajstić information content (AvgIpc) is 2.97. The van der Waals surface area contributed by atoms with Crippen LogP contribution in [-0.4, -0.2) is 24.5 Å². The van der Waals surface area contributed by atoms with E-state index in [1.807, 2.05) is 84.9 Å². The molecule has 0 spiro atoms. The van der Waals surface area contributed by atoms with Gasteiger partial charge in [-0.2, -0.15) is 0 Å². The SMILES string of the molecule is CC1Oc2ccc(NC(=O)/C=C/c3ccc(OCc4ccccc4)cc3)cc2N(CCc2ccccc2)C1=O. The normalized spacial score (nSPS) is 14.5. The summed E-state index contributed by atoms with van der Waals surface area (Å²) in [5.74, 6) is 1.01. The first kappa shape index (κ1) is 25.8. The van der Waals surface area contributed by atoms with Gasteiger partial charge in [0.15, 0.2) is 6.10 Å². The number of benzene rings is 4. The molecule has 2 amide bonds. The van der Waals surface area contributed by atoms with Gasteiger partial charge in [0.25, 0.3) is 5.91 Å². The number of carbonyl (C=O) groups excluding carboxylic acids is 2. The van der Waals surface area contributed by atoms with Crippen molar-refractivity contribution in [3.63, 3.8) is 0 Å². The Kier molecular flexibility index (Phi) is 8.03. The van der Waals surface area contributed by atoms with Gasteiger partial charge >= 0.3 is 0 Å². The second-order valence-corrected chi connectivity index (χ2v) is 9.33. The molecule has 6 nitrogen and oxygen atoms in total. The molecule has 6 heteroatoms. The topological polar surface area (TPSA) is 67.9 Å². The number of hydrogen-bond donors (Lipinski definition) is 1. The number of fused-ring (bicyclic) bond motifs is 1. The predicted molar refractivity (Wildman–Crippen MR) is 154 cm³/mol. The summed E-state index contributed by atoms with van der Waals surface area (Å²) >= 11 is 0. The molecule has 39 heavy (non-hydrogen) atoms. The minimum atomic E-state index is -0.563. The van der Waals surface area contributed by atoms with Crippen molar-refractivity contribution >= 4 is 29.3 Å². The second-order valence-electron chi connectivity index (χ2n) is 9.33. The molecule has 0 radical (unpaired) electrons. The van der Waals surface area contributed by atoms with Crippen LogP contribution in [0, 0.1) is 0 Å². The van der Waals surface area contributed by atoms with E-state index in [0.29, 0.717) is 36.7 Å². The Labute approximate surface area is 228 Å². The van der Waals surface area contributed by atoms with Crippen LogP contribution in [-0.2, 0) is 22.6 Å². The van der Waals surface area contributed by atoms with Gasteiger partial charge in [0.2, 0.25) is 5.91 Å². The molecule has 4 aromatic carbocycles. The minimum Gasteiger partial charge on any atom is -0.489 e. The maximum atomic E-state index is 12.9. The van der Waals surface area contributed by atoms with Crippen molar-refractivity contribution in [2.75, 3.05) is 16.8 Å². The Hall–Kier alpha value is -4.84. The zero-order valence-corrected chi connectivity index (χ0v) is 21.7. The van der Waals surface area contributed by atoms with E-state index in [1.54, 1.807) is 36.1 Å². The van der Waals surface area contributed by atoms with Crippen LogP contribution in [0.2, 0.25) is 0 Å². The first-order valence-corrected chi connectivity index (χ1v) is 13.0. The third-order valence-corrected chi connectivity index (χ3v) is 6.46. The number of carbonyl (C=O) groups is 2. The Balaban J connectivity index is 1.21. The summed E-state index contributed by atoms with van der Waals surface area (Å²) in [5.41, 5.74) is 4.37. The van der Waals surface area contributed by atoms with Crippen LogP contribution in [0.15, 0.2) is 109 Å². The molecule has 1 aliphatic rings. The van der Waals surface area contributed by atoms with Crippen molar-refractivity contribution in [3.8, 4) is 11.5 Å². The summed E-state index contributed by atoms with van der Waals surface area (Å²) in [6.45, 7) is 2.77. The number of hydrogen-bond acceptors (Lipinski definition) is 4. The zero-order valence-electron chi connectivity index (χ0n) is 21.7. The molecule has 1 atom stereocenters. The van der Waals surface area contributed by atoms with Gasteiger partial charge in [0.1, 0.15) is 18.1 Å². The van der Waals surface area contributed by atoms with E-state index in [0.717, 1.165) is 22.4 Å². The largest absolute Gasteiger partial charge is 0.489 e. The summed E-state index contributed by atoms with van der Waals surface area (Å²) in [6.07, 6.45) is 3.38. The molecular formula is C33H30N2O4. The van der Waals surface area contributed by atoms with Crippen molar-refractivity contribution < 1.29 is 19.1 Å². The quantitative estimate of drug-likeness (QED) is 0.265. The number of rotatable bonds is 9. The Bertz CT molecular complexity index is 1450. The Morgan fingerprint density at radius 3 is 2.33 bits per heavy atom. The van der Waals surface area contributed by atoms with Crippen LogP contribution in [0.3, 0.4) is 0 Å². The van der Waals surface area contributed by atoms with Gasteiger partial charge in [0, 0.05) is 18.3 Å². The number of nitrogens with one attached hydrogen (secondary N) is 1. The first-order valence-electron chi connectivity index (χ1n) is 13.0. The molecule has 0 bridgehead atoms. The highest BCUT2D eigenvalue weighted by molar-refractivity contribution is 6.04.